The lowest BCUT2D eigenvalue weighted by Gasteiger charge is -2.13. The van der Waals surface area contributed by atoms with Gasteiger partial charge in [0, 0.05) is 28.2 Å². The number of amides is 2. The Labute approximate surface area is 193 Å². The SMILES string of the molecule is CC(=O)Nc1cccc(NC/C(=N\C(=O)c2ccc(Cl)cc2)Nc2cc(F)cc(Cl)c2)n1. The van der Waals surface area contributed by atoms with Crippen LogP contribution in [-0.4, -0.2) is 29.2 Å². The average Bonchev–Trinajstić information content (AvgIpc) is 2.71. The van der Waals surface area contributed by atoms with Crippen LogP contribution >= 0.6 is 23.2 Å². The van der Waals surface area contributed by atoms with E-state index in [1.165, 1.54) is 19.1 Å². The van der Waals surface area contributed by atoms with Crippen LogP contribution in [0.25, 0.3) is 0 Å². The number of halogens is 3. The number of hydrogen-bond acceptors (Lipinski definition) is 4. The summed E-state index contributed by atoms with van der Waals surface area (Å²) >= 11 is 11.8. The van der Waals surface area contributed by atoms with Crippen LogP contribution < -0.4 is 16.0 Å². The molecule has 3 rings (SSSR count). The van der Waals surface area contributed by atoms with Gasteiger partial charge in [-0.2, -0.15) is 4.99 Å². The second-order valence-electron chi connectivity index (χ2n) is 6.60. The number of carbonyl (C=O) groups is 2. The summed E-state index contributed by atoms with van der Waals surface area (Å²) in [4.78, 5) is 32.2. The highest BCUT2D eigenvalue weighted by atomic mass is 35.5. The lowest BCUT2D eigenvalue weighted by molar-refractivity contribution is -0.114. The number of rotatable bonds is 6. The van der Waals surface area contributed by atoms with Gasteiger partial charge in [0.2, 0.25) is 5.91 Å². The Balaban J connectivity index is 1.83. The highest BCUT2D eigenvalue weighted by molar-refractivity contribution is 6.31. The van der Waals surface area contributed by atoms with Crippen LogP contribution in [0.4, 0.5) is 21.7 Å². The van der Waals surface area contributed by atoms with Gasteiger partial charge in [-0.25, -0.2) is 9.37 Å². The van der Waals surface area contributed by atoms with E-state index in [9.17, 15) is 14.0 Å². The minimum Gasteiger partial charge on any atom is -0.363 e. The van der Waals surface area contributed by atoms with Gasteiger partial charge >= 0.3 is 0 Å². The van der Waals surface area contributed by atoms with Crippen molar-refractivity contribution in [1.29, 1.82) is 0 Å². The lowest BCUT2D eigenvalue weighted by Crippen LogP contribution is -2.24. The first kappa shape index (κ1) is 23.2. The summed E-state index contributed by atoms with van der Waals surface area (Å²) in [6.07, 6.45) is 0. The van der Waals surface area contributed by atoms with Gasteiger partial charge in [-0.05, 0) is 54.6 Å². The summed E-state index contributed by atoms with van der Waals surface area (Å²) in [6.45, 7) is 1.42. The maximum atomic E-state index is 13.7. The average molecular weight is 474 g/mol. The Morgan fingerprint density at radius 3 is 2.38 bits per heavy atom. The van der Waals surface area contributed by atoms with E-state index in [2.05, 4.69) is 25.9 Å². The molecule has 0 aliphatic rings. The van der Waals surface area contributed by atoms with E-state index < -0.39 is 11.7 Å². The van der Waals surface area contributed by atoms with Gasteiger partial charge in [0.05, 0.1) is 6.54 Å². The van der Waals surface area contributed by atoms with Gasteiger partial charge in [0.1, 0.15) is 23.3 Å². The zero-order valence-electron chi connectivity index (χ0n) is 16.8. The third kappa shape index (κ3) is 7.04. The fourth-order valence-electron chi connectivity index (χ4n) is 2.64. The predicted molar refractivity (Wildman–Crippen MR) is 125 cm³/mol. The van der Waals surface area contributed by atoms with Crippen molar-refractivity contribution in [2.24, 2.45) is 4.99 Å². The fraction of sp³-hybridized carbons (Fsp3) is 0.0909. The second kappa shape index (κ2) is 10.7. The van der Waals surface area contributed by atoms with Crippen LogP contribution in [0.1, 0.15) is 17.3 Å². The first-order chi connectivity index (χ1) is 15.3. The summed E-state index contributed by atoms with van der Waals surface area (Å²) in [5.41, 5.74) is 0.649. The van der Waals surface area contributed by atoms with Crippen molar-refractivity contribution in [3.05, 3.63) is 82.1 Å². The highest BCUT2D eigenvalue weighted by Crippen LogP contribution is 2.19. The number of amidine groups is 1. The summed E-state index contributed by atoms with van der Waals surface area (Å²) in [7, 11) is 0. The molecule has 0 radical (unpaired) electrons. The largest absolute Gasteiger partial charge is 0.363 e. The molecule has 3 aromatic rings. The number of benzene rings is 2. The minimum atomic E-state index is -0.541. The van der Waals surface area contributed by atoms with Crippen molar-refractivity contribution in [2.45, 2.75) is 6.92 Å². The summed E-state index contributed by atoms with van der Waals surface area (Å²) in [5, 5.41) is 9.19. The van der Waals surface area contributed by atoms with Gasteiger partial charge in [-0.15, -0.1) is 0 Å². The van der Waals surface area contributed by atoms with Gasteiger partial charge in [0.25, 0.3) is 5.91 Å². The summed E-state index contributed by atoms with van der Waals surface area (Å²) in [6, 6.07) is 15.2. The van der Waals surface area contributed by atoms with Gasteiger partial charge in [0.15, 0.2) is 0 Å². The molecule has 7 nitrogen and oxygen atoms in total. The maximum absolute atomic E-state index is 13.7. The molecule has 10 heteroatoms. The Bertz CT molecular complexity index is 1150. The molecule has 32 heavy (non-hydrogen) atoms. The van der Waals surface area contributed by atoms with Crippen LogP contribution in [0.2, 0.25) is 10.0 Å². The normalized spacial score (nSPS) is 11.1. The highest BCUT2D eigenvalue weighted by Gasteiger charge is 2.10. The van der Waals surface area contributed by atoms with E-state index in [4.69, 9.17) is 23.2 Å². The Kier molecular flexibility index (Phi) is 7.75. The van der Waals surface area contributed by atoms with Crippen LogP contribution in [0.15, 0.2) is 65.7 Å². The molecule has 1 heterocycles. The zero-order chi connectivity index (χ0) is 23.1. The van der Waals surface area contributed by atoms with Crippen molar-refractivity contribution in [3.63, 3.8) is 0 Å². The monoisotopic (exact) mass is 473 g/mol. The minimum absolute atomic E-state index is 0.0456. The summed E-state index contributed by atoms with van der Waals surface area (Å²) in [5.74, 6) is -0.326. The molecular formula is C22H18Cl2FN5O2. The molecule has 164 valence electrons. The summed E-state index contributed by atoms with van der Waals surface area (Å²) < 4.78 is 13.7. The number of anilines is 3. The molecular weight excluding hydrogens is 456 g/mol. The first-order valence-electron chi connectivity index (χ1n) is 9.37. The topological polar surface area (TPSA) is 95.5 Å². The Morgan fingerprint density at radius 2 is 1.69 bits per heavy atom. The number of hydrogen-bond donors (Lipinski definition) is 3. The molecule has 2 aromatic carbocycles. The molecule has 2 amide bonds. The molecule has 0 saturated carbocycles. The number of aromatic nitrogens is 1. The molecule has 0 unspecified atom stereocenters. The van der Waals surface area contributed by atoms with Crippen molar-refractivity contribution in [3.8, 4) is 0 Å². The van der Waals surface area contributed by atoms with E-state index >= 15 is 0 Å². The first-order valence-corrected chi connectivity index (χ1v) is 10.1. The van der Waals surface area contributed by atoms with Crippen molar-refractivity contribution >= 4 is 58.2 Å². The predicted octanol–water partition coefficient (Wildman–Crippen LogP) is 5.25. The number of carbonyl (C=O) groups excluding carboxylic acids is 2. The van der Waals surface area contributed by atoms with Crippen LogP contribution in [-0.2, 0) is 4.79 Å². The molecule has 1 aromatic heterocycles. The van der Waals surface area contributed by atoms with E-state index in [0.717, 1.165) is 6.07 Å². The van der Waals surface area contributed by atoms with Crippen LogP contribution in [0.5, 0.6) is 0 Å². The molecule has 0 aliphatic heterocycles. The van der Waals surface area contributed by atoms with E-state index in [1.807, 2.05) is 0 Å². The molecule has 0 fully saturated rings. The quantitative estimate of drug-likeness (QED) is 0.335. The molecule has 0 aliphatic carbocycles. The van der Waals surface area contributed by atoms with Crippen molar-refractivity contribution in [2.75, 3.05) is 22.5 Å². The molecule has 0 saturated heterocycles. The molecule has 0 bridgehead atoms. The fourth-order valence-corrected chi connectivity index (χ4v) is 2.99. The zero-order valence-corrected chi connectivity index (χ0v) is 18.3. The van der Waals surface area contributed by atoms with Crippen molar-refractivity contribution in [1.82, 2.24) is 4.98 Å². The third-order valence-corrected chi connectivity index (χ3v) is 4.44. The van der Waals surface area contributed by atoms with E-state index in [0.29, 0.717) is 27.9 Å². The second-order valence-corrected chi connectivity index (χ2v) is 7.47. The third-order valence-electron chi connectivity index (χ3n) is 3.97. The van der Waals surface area contributed by atoms with Gasteiger partial charge < -0.3 is 16.0 Å². The standard InChI is InChI=1S/C22H18Cl2FN5O2/c1-13(31)27-20-4-2-3-19(29-20)26-12-21(28-18-10-16(24)9-17(25)11-18)30-22(32)14-5-7-15(23)8-6-14/h2-11H,12H2,1H3,(H,28,30,32)(H2,26,27,29,31). The van der Waals surface area contributed by atoms with Gasteiger partial charge in [-0.1, -0.05) is 29.3 Å². The molecule has 0 spiro atoms. The van der Waals surface area contributed by atoms with Crippen LogP contribution in [0, 0.1) is 5.82 Å². The number of nitrogens with zero attached hydrogens (tertiary/aromatic N) is 2. The van der Waals surface area contributed by atoms with Gasteiger partial charge in [-0.3, -0.25) is 9.59 Å². The van der Waals surface area contributed by atoms with Crippen LogP contribution in [0.3, 0.4) is 0 Å². The van der Waals surface area contributed by atoms with E-state index in [1.54, 1.807) is 42.5 Å². The smallest absolute Gasteiger partial charge is 0.278 e. The maximum Gasteiger partial charge on any atom is 0.278 e. The lowest BCUT2D eigenvalue weighted by atomic mass is 10.2. The van der Waals surface area contributed by atoms with Crippen molar-refractivity contribution < 1.29 is 14.0 Å². The van der Waals surface area contributed by atoms with E-state index in [-0.39, 0.29) is 23.3 Å². The molecule has 0 atom stereocenters. The molecule has 3 N–H and O–H groups in total. The number of pyridine rings is 1. The Hall–Kier alpha value is -3.49. The number of nitrogens with one attached hydrogen (secondary N) is 3. The number of aliphatic imine (C=N–C) groups is 1. The Morgan fingerprint density at radius 1 is 0.969 bits per heavy atom.